The summed E-state index contributed by atoms with van der Waals surface area (Å²) < 4.78 is 74.6. The van der Waals surface area contributed by atoms with Gasteiger partial charge < -0.3 is 14.4 Å². The maximum Gasteiger partial charge on any atom is 0.410 e. The maximum atomic E-state index is 17.5. The van der Waals surface area contributed by atoms with Gasteiger partial charge in [-0.25, -0.2) is 27.3 Å². The van der Waals surface area contributed by atoms with Crippen LogP contribution in [0.4, 0.5) is 28.2 Å². The van der Waals surface area contributed by atoms with Gasteiger partial charge in [0.05, 0.1) is 45.7 Å². The van der Waals surface area contributed by atoms with Gasteiger partial charge in [-0.2, -0.15) is 9.97 Å². The second-order valence-corrected chi connectivity index (χ2v) is 18.5. The number of ether oxygens (including phenoxy) is 2. The zero-order valence-electron chi connectivity index (χ0n) is 32.7. The molecule has 0 radical (unpaired) electrons. The van der Waals surface area contributed by atoms with E-state index in [4.69, 9.17) is 30.8 Å². The highest BCUT2D eigenvalue weighted by molar-refractivity contribution is 6.03. The molecule has 1 saturated carbocycles. The predicted octanol–water partition coefficient (Wildman–Crippen LogP) is 8.29. The van der Waals surface area contributed by atoms with Gasteiger partial charge in [-0.3, -0.25) is 9.80 Å². The lowest BCUT2D eigenvalue weighted by Gasteiger charge is -2.55. The van der Waals surface area contributed by atoms with Crippen molar-refractivity contribution >= 4 is 33.6 Å². The molecular formula is C44H46F4N6O3. The molecule has 4 saturated heterocycles. The lowest BCUT2D eigenvalue weighted by Crippen LogP contribution is -2.69. The largest absolute Gasteiger partial charge is 0.461 e. The van der Waals surface area contributed by atoms with Crippen LogP contribution in [0.15, 0.2) is 30.3 Å². The molecule has 5 fully saturated rings. The van der Waals surface area contributed by atoms with Crippen LogP contribution in [0, 0.1) is 35.3 Å². The number of carbonyl (C=O) groups is 1. The van der Waals surface area contributed by atoms with Crippen molar-refractivity contribution in [3.8, 4) is 29.6 Å². The van der Waals surface area contributed by atoms with Crippen molar-refractivity contribution in [1.82, 2.24) is 24.8 Å². The molecule has 1 aliphatic carbocycles. The second-order valence-electron chi connectivity index (χ2n) is 18.5. The van der Waals surface area contributed by atoms with Crippen LogP contribution in [0.3, 0.4) is 0 Å². The minimum atomic E-state index is -2.69. The van der Waals surface area contributed by atoms with Gasteiger partial charge in [0.1, 0.15) is 35.1 Å². The van der Waals surface area contributed by atoms with Crippen LogP contribution in [0.1, 0.15) is 83.9 Å². The predicted molar refractivity (Wildman–Crippen MR) is 207 cm³/mol. The number of halogens is 4. The van der Waals surface area contributed by atoms with Gasteiger partial charge >= 0.3 is 12.1 Å². The number of piperidine rings is 1. The monoisotopic (exact) mass is 782 g/mol. The van der Waals surface area contributed by atoms with Crippen LogP contribution in [0.2, 0.25) is 0 Å². The van der Waals surface area contributed by atoms with Crippen LogP contribution >= 0.6 is 0 Å². The first-order valence-corrected chi connectivity index (χ1v) is 20.2. The Hall–Kier alpha value is -4.70. The van der Waals surface area contributed by atoms with Crippen molar-refractivity contribution in [2.45, 2.75) is 114 Å². The third-order valence-corrected chi connectivity index (χ3v) is 13.7. The molecule has 5 aliphatic heterocycles. The van der Waals surface area contributed by atoms with Crippen molar-refractivity contribution in [1.29, 1.82) is 0 Å². The lowest BCUT2D eigenvalue weighted by molar-refractivity contribution is -0.0228. The summed E-state index contributed by atoms with van der Waals surface area (Å²) in [4.78, 5) is 35.0. The molecule has 298 valence electrons. The highest BCUT2D eigenvalue weighted by atomic mass is 19.3. The van der Waals surface area contributed by atoms with Gasteiger partial charge in [0.15, 0.2) is 5.82 Å². The van der Waals surface area contributed by atoms with Crippen molar-refractivity contribution in [3.63, 3.8) is 0 Å². The lowest BCUT2D eigenvalue weighted by atomic mass is 9.80. The van der Waals surface area contributed by atoms with Crippen LogP contribution < -0.4 is 9.64 Å². The number of rotatable bonds is 4. The SMILES string of the molecule is C#Cc1c(F)ccc2cccc(-c3nc4c5c(nc(OC[C@@]67CCCN6C[C@@]6(CC6(F)F)C7)nc5c3F)N3C[C@H]5CCC[C@@H]([C@@H]3[C@@H](C)C4)N5C(=O)OC(C)(C)C)c12. The van der Waals surface area contributed by atoms with E-state index in [0.717, 1.165) is 25.7 Å². The fourth-order valence-corrected chi connectivity index (χ4v) is 11.3. The minimum absolute atomic E-state index is 0.00985. The summed E-state index contributed by atoms with van der Waals surface area (Å²) in [6.45, 7) is 9.28. The van der Waals surface area contributed by atoms with Gasteiger partial charge in [-0.05, 0) is 89.6 Å². The Balaban J connectivity index is 1.13. The van der Waals surface area contributed by atoms with Crippen molar-refractivity contribution in [2.75, 3.05) is 31.1 Å². The third-order valence-electron chi connectivity index (χ3n) is 13.7. The number of anilines is 1. The molecule has 57 heavy (non-hydrogen) atoms. The number of fused-ring (bicyclic) bond motifs is 7. The van der Waals surface area contributed by atoms with E-state index < -0.39 is 34.1 Å². The fraction of sp³-hybridized carbons (Fsp3) is 0.545. The van der Waals surface area contributed by atoms with E-state index >= 15 is 8.78 Å². The van der Waals surface area contributed by atoms with Gasteiger partial charge in [0, 0.05) is 30.5 Å². The molecule has 6 atom stereocenters. The number of amides is 1. The summed E-state index contributed by atoms with van der Waals surface area (Å²) >= 11 is 0. The molecule has 2 aromatic heterocycles. The summed E-state index contributed by atoms with van der Waals surface area (Å²) in [7, 11) is 0. The van der Waals surface area contributed by atoms with E-state index in [1.807, 2.05) is 25.7 Å². The van der Waals surface area contributed by atoms with E-state index in [9.17, 15) is 13.6 Å². The number of nitrogens with zero attached hydrogens (tertiary/aromatic N) is 6. The Morgan fingerprint density at radius 2 is 1.86 bits per heavy atom. The molecule has 0 N–H and O–H groups in total. The Kier molecular flexibility index (Phi) is 7.97. The quantitative estimate of drug-likeness (QED) is 0.151. The van der Waals surface area contributed by atoms with E-state index in [1.54, 1.807) is 24.3 Å². The third kappa shape index (κ3) is 5.52. The van der Waals surface area contributed by atoms with Crippen molar-refractivity contribution in [3.05, 3.63) is 53.2 Å². The second kappa shape index (κ2) is 12.4. The number of pyridine rings is 1. The smallest absolute Gasteiger partial charge is 0.410 e. The van der Waals surface area contributed by atoms with E-state index in [0.29, 0.717) is 72.1 Å². The van der Waals surface area contributed by atoms with Gasteiger partial charge in [0.25, 0.3) is 5.92 Å². The molecule has 2 aromatic carbocycles. The van der Waals surface area contributed by atoms with Crippen LogP contribution in [0.25, 0.3) is 32.9 Å². The zero-order valence-corrected chi connectivity index (χ0v) is 32.7. The molecule has 4 aromatic rings. The Morgan fingerprint density at radius 1 is 1.05 bits per heavy atom. The standard InChI is InChI=1S/C44H46F4N6O3/c1-6-27-29(45)15-14-25-10-7-12-28(32(25)27)35-34(46)36-33-30(49-35)18-24(2)37-31-13-8-11-26(54(31)40(55)57-41(3,4)5)19-53(37)38(33)51-39(50-36)56-23-43-16-9-17-52(43)22-42(20-43)21-44(42,47)48/h1,7,10,12,14-15,24,26,31,37H,8-9,11,13,16-23H2,2-5H3/t24-,26+,31-,37-,42-,43-/m0/s1. The van der Waals surface area contributed by atoms with Gasteiger partial charge in [-0.1, -0.05) is 37.1 Å². The number of hydrogen-bond donors (Lipinski definition) is 0. The average Bonchev–Trinajstić information content (AvgIpc) is 3.35. The number of piperazine rings is 1. The first-order valence-electron chi connectivity index (χ1n) is 20.2. The van der Waals surface area contributed by atoms with E-state index in [-0.39, 0.29) is 65.9 Å². The molecular weight excluding hydrogens is 737 g/mol. The number of carbonyl (C=O) groups excluding carboxylic acids is 1. The summed E-state index contributed by atoms with van der Waals surface area (Å²) in [6.07, 6.45) is 10.2. The highest BCUT2D eigenvalue weighted by Gasteiger charge is 2.77. The molecule has 7 heterocycles. The molecule has 10 rings (SSSR count). The highest BCUT2D eigenvalue weighted by Crippen LogP contribution is 2.69. The summed E-state index contributed by atoms with van der Waals surface area (Å²) in [5, 5.41) is 1.47. The molecule has 6 aliphatic rings. The van der Waals surface area contributed by atoms with E-state index in [1.165, 1.54) is 6.07 Å². The average molecular weight is 783 g/mol. The number of aromatic nitrogens is 3. The van der Waals surface area contributed by atoms with Crippen LogP contribution in [0.5, 0.6) is 6.01 Å². The molecule has 2 bridgehead atoms. The maximum absolute atomic E-state index is 17.5. The first-order chi connectivity index (χ1) is 27.1. The van der Waals surface area contributed by atoms with Crippen LogP contribution in [-0.2, 0) is 11.2 Å². The Morgan fingerprint density at radius 3 is 2.61 bits per heavy atom. The zero-order chi connectivity index (χ0) is 39.8. The van der Waals surface area contributed by atoms with Gasteiger partial charge in [0.2, 0.25) is 0 Å². The van der Waals surface area contributed by atoms with Crippen molar-refractivity contribution < 1.29 is 31.8 Å². The number of alkyl halides is 2. The topological polar surface area (TPSA) is 83.9 Å². The van der Waals surface area contributed by atoms with E-state index in [2.05, 4.69) is 22.6 Å². The fourth-order valence-electron chi connectivity index (χ4n) is 11.3. The number of benzene rings is 2. The number of terminal acetylenes is 1. The van der Waals surface area contributed by atoms with Gasteiger partial charge in [-0.15, -0.1) is 6.42 Å². The first kappa shape index (κ1) is 36.6. The molecule has 9 nitrogen and oxygen atoms in total. The Labute approximate surface area is 329 Å². The van der Waals surface area contributed by atoms with Crippen LogP contribution in [-0.4, -0.2) is 92.3 Å². The normalized spacial score (nSPS) is 29.9. The molecule has 13 heteroatoms. The molecule has 1 spiro atoms. The summed E-state index contributed by atoms with van der Waals surface area (Å²) in [6, 6.07) is 7.50. The number of hydrogen-bond acceptors (Lipinski definition) is 8. The van der Waals surface area contributed by atoms with Crippen molar-refractivity contribution in [2.24, 2.45) is 11.3 Å². The molecule has 1 amide bonds. The summed E-state index contributed by atoms with van der Waals surface area (Å²) in [5.41, 5.74) is -1.38. The molecule has 0 unspecified atom stereocenters. The Bertz CT molecular complexity index is 2410. The summed E-state index contributed by atoms with van der Waals surface area (Å²) in [5.74, 6) is -1.15. The minimum Gasteiger partial charge on any atom is -0.461 e.